The molecule has 2 rings (SSSR count). The van der Waals surface area contributed by atoms with Crippen LogP contribution in [0, 0.1) is 0 Å². The number of hydrogen-bond donors (Lipinski definition) is 1. The van der Waals surface area contributed by atoms with Gasteiger partial charge in [-0.15, -0.1) is 0 Å². The van der Waals surface area contributed by atoms with Gasteiger partial charge in [0.15, 0.2) is 5.78 Å². The van der Waals surface area contributed by atoms with Crippen LogP contribution in [0.3, 0.4) is 0 Å². The van der Waals surface area contributed by atoms with Gasteiger partial charge < -0.3 is 10.2 Å². The predicted molar refractivity (Wildman–Crippen MR) is 97.2 cm³/mol. The van der Waals surface area contributed by atoms with Crippen molar-refractivity contribution in [2.45, 2.75) is 13.8 Å². The molecule has 0 heterocycles. The van der Waals surface area contributed by atoms with E-state index in [9.17, 15) is 14.4 Å². The maximum absolute atomic E-state index is 12.2. The van der Waals surface area contributed by atoms with Crippen LogP contribution in [0.1, 0.15) is 24.2 Å². The Morgan fingerprint density at radius 2 is 1.71 bits per heavy atom. The third-order valence-corrected chi connectivity index (χ3v) is 3.90. The first-order valence-electron chi connectivity index (χ1n) is 7.31. The van der Waals surface area contributed by atoms with Crippen LogP contribution in [0.2, 0.25) is 0 Å². The Kier molecular flexibility index (Phi) is 5.87. The molecule has 2 aromatic rings. The molecule has 124 valence electrons. The minimum absolute atomic E-state index is 0.0775. The number of anilines is 2. The number of benzene rings is 2. The third-order valence-electron chi connectivity index (χ3n) is 3.37. The van der Waals surface area contributed by atoms with E-state index in [-0.39, 0.29) is 24.1 Å². The lowest BCUT2D eigenvalue weighted by atomic mass is 10.1. The van der Waals surface area contributed by atoms with Gasteiger partial charge in [0.2, 0.25) is 11.8 Å². The molecule has 0 radical (unpaired) electrons. The molecule has 0 aliphatic heterocycles. The zero-order valence-electron chi connectivity index (χ0n) is 13.4. The van der Waals surface area contributed by atoms with Crippen LogP contribution in [0.4, 0.5) is 11.4 Å². The van der Waals surface area contributed by atoms with E-state index in [1.54, 1.807) is 48.5 Å². The fraction of sp³-hybridized carbons (Fsp3) is 0.167. The molecule has 6 heteroatoms. The van der Waals surface area contributed by atoms with Gasteiger partial charge in [-0.1, -0.05) is 28.1 Å². The van der Waals surface area contributed by atoms with E-state index in [1.807, 2.05) is 0 Å². The first-order valence-corrected chi connectivity index (χ1v) is 8.10. The topological polar surface area (TPSA) is 66.5 Å². The first kappa shape index (κ1) is 17.9. The van der Waals surface area contributed by atoms with Crippen molar-refractivity contribution in [3.05, 3.63) is 58.6 Å². The molecule has 0 aromatic heterocycles. The van der Waals surface area contributed by atoms with Crippen molar-refractivity contribution in [1.82, 2.24) is 0 Å². The Bertz CT molecular complexity index is 772. The lowest BCUT2D eigenvalue weighted by Crippen LogP contribution is -2.36. The zero-order chi connectivity index (χ0) is 17.7. The lowest BCUT2D eigenvalue weighted by Gasteiger charge is -2.20. The molecule has 0 unspecified atom stereocenters. The summed E-state index contributed by atoms with van der Waals surface area (Å²) in [5, 5.41) is 2.71. The van der Waals surface area contributed by atoms with Gasteiger partial charge >= 0.3 is 0 Å². The highest BCUT2D eigenvalue weighted by Crippen LogP contribution is 2.19. The molecule has 0 saturated carbocycles. The Hall–Kier alpha value is -2.47. The standard InChI is InChI=1S/C18H17BrN2O3/c1-12(22)14-4-3-5-16(10-14)20-18(24)11-21(13(2)23)17-8-6-15(19)7-9-17/h3-10H,11H2,1-2H3,(H,20,24). The van der Waals surface area contributed by atoms with Gasteiger partial charge in [0.1, 0.15) is 6.54 Å². The van der Waals surface area contributed by atoms with Crippen molar-refractivity contribution in [2.24, 2.45) is 0 Å². The number of carbonyl (C=O) groups is 3. The number of nitrogens with zero attached hydrogens (tertiary/aromatic N) is 1. The number of carbonyl (C=O) groups excluding carboxylic acids is 3. The number of rotatable bonds is 5. The Labute approximate surface area is 148 Å². The number of Topliss-reactive ketones (excluding diaryl/α,β-unsaturated/α-hetero) is 1. The molecule has 0 spiro atoms. The van der Waals surface area contributed by atoms with Gasteiger partial charge in [-0.25, -0.2) is 0 Å². The molecule has 1 N–H and O–H groups in total. The van der Waals surface area contributed by atoms with Gasteiger partial charge in [0, 0.05) is 28.3 Å². The summed E-state index contributed by atoms with van der Waals surface area (Å²) in [7, 11) is 0. The van der Waals surface area contributed by atoms with E-state index in [0.29, 0.717) is 16.9 Å². The van der Waals surface area contributed by atoms with Gasteiger partial charge in [-0.3, -0.25) is 14.4 Å². The Morgan fingerprint density at radius 1 is 1.04 bits per heavy atom. The summed E-state index contributed by atoms with van der Waals surface area (Å²) in [6, 6.07) is 13.8. The maximum Gasteiger partial charge on any atom is 0.244 e. The zero-order valence-corrected chi connectivity index (χ0v) is 15.0. The number of ketones is 1. The van der Waals surface area contributed by atoms with Crippen LogP contribution in [0.5, 0.6) is 0 Å². The highest BCUT2D eigenvalue weighted by molar-refractivity contribution is 9.10. The number of halogens is 1. The summed E-state index contributed by atoms with van der Waals surface area (Å²) >= 11 is 3.33. The highest BCUT2D eigenvalue weighted by Gasteiger charge is 2.16. The van der Waals surface area contributed by atoms with E-state index in [2.05, 4.69) is 21.2 Å². The summed E-state index contributed by atoms with van der Waals surface area (Å²) in [6.45, 7) is 2.76. The van der Waals surface area contributed by atoms with Crippen LogP contribution in [0.15, 0.2) is 53.0 Å². The summed E-state index contributed by atoms with van der Waals surface area (Å²) in [6.07, 6.45) is 0. The minimum Gasteiger partial charge on any atom is -0.325 e. The van der Waals surface area contributed by atoms with Crippen LogP contribution in [0.25, 0.3) is 0 Å². The Balaban J connectivity index is 2.11. The first-order chi connectivity index (χ1) is 11.4. The molecule has 24 heavy (non-hydrogen) atoms. The molecule has 2 amide bonds. The molecule has 0 atom stereocenters. The molecule has 0 fully saturated rings. The van der Waals surface area contributed by atoms with Crippen LogP contribution in [-0.4, -0.2) is 24.1 Å². The maximum atomic E-state index is 12.2. The summed E-state index contributed by atoms with van der Waals surface area (Å²) in [5.41, 5.74) is 1.68. The summed E-state index contributed by atoms with van der Waals surface area (Å²) in [5.74, 6) is -0.648. The second-order valence-corrected chi connectivity index (χ2v) is 6.18. The fourth-order valence-corrected chi connectivity index (χ4v) is 2.43. The van der Waals surface area contributed by atoms with Gasteiger partial charge in [-0.05, 0) is 43.3 Å². The van der Waals surface area contributed by atoms with E-state index >= 15 is 0 Å². The second-order valence-electron chi connectivity index (χ2n) is 5.27. The molecule has 0 saturated heterocycles. The van der Waals surface area contributed by atoms with E-state index in [4.69, 9.17) is 0 Å². The van der Waals surface area contributed by atoms with Crippen LogP contribution < -0.4 is 10.2 Å². The normalized spacial score (nSPS) is 10.1. The van der Waals surface area contributed by atoms with Crippen molar-refractivity contribution in [3.8, 4) is 0 Å². The van der Waals surface area contributed by atoms with Gasteiger partial charge in [0.05, 0.1) is 0 Å². The third kappa shape index (κ3) is 4.76. The largest absolute Gasteiger partial charge is 0.325 e. The quantitative estimate of drug-likeness (QED) is 0.794. The lowest BCUT2D eigenvalue weighted by molar-refractivity contribution is -0.120. The summed E-state index contributed by atoms with van der Waals surface area (Å²) < 4.78 is 0.889. The average Bonchev–Trinajstić information content (AvgIpc) is 2.53. The van der Waals surface area contributed by atoms with Crippen molar-refractivity contribution in [1.29, 1.82) is 0 Å². The van der Waals surface area contributed by atoms with E-state index in [1.165, 1.54) is 18.7 Å². The SMILES string of the molecule is CC(=O)c1cccc(NC(=O)CN(C(C)=O)c2ccc(Br)cc2)c1. The number of amides is 2. The highest BCUT2D eigenvalue weighted by atomic mass is 79.9. The predicted octanol–water partition coefficient (Wildman–Crippen LogP) is 3.64. The minimum atomic E-state index is -0.339. The smallest absolute Gasteiger partial charge is 0.244 e. The molecule has 0 aliphatic rings. The van der Waals surface area contributed by atoms with E-state index in [0.717, 1.165) is 4.47 Å². The summed E-state index contributed by atoms with van der Waals surface area (Å²) in [4.78, 5) is 36.9. The fourth-order valence-electron chi connectivity index (χ4n) is 2.17. The van der Waals surface area contributed by atoms with Crippen LogP contribution >= 0.6 is 15.9 Å². The molecular weight excluding hydrogens is 372 g/mol. The van der Waals surface area contributed by atoms with Crippen molar-refractivity contribution >= 4 is 44.9 Å². The molecular formula is C18H17BrN2O3. The van der Waals surface area contributed by atoms with Gasteiger partial charge in [0.25, 0.3) is 0 Å². The average molecular weight is 389 g/mol. The molecule has 5 nitrogen and oxygen atoms in total. The van der Waals surface area contributed by atoms with Crippen LogP contribution in [-0.2, 0) is 9.59 Å². The van der Waals surface area contributed by atoms with Crippen molar-refractivity contribution < 1.29 is 14.4 Å². The number of hydrogen-bond acceptors (Lipinski definition) is 3. The Morgan fingerprint density at radius 3 is 2.29 bits per heavy atom. The second kappa shape index (κ2) is 7.88. The molecule has 0 aliphatic carbocycles. The monoisotopic (exact) mass is 388 g/mol. The molecule has 0 bridgehead atoms. The van der Waals surface area contributed by atoms with Gasteiger partial charge in [-0.2, -0.15) is 0 Å². The molecule has 2 aromatic carbocycles. The van der Waals surface area contributed by atoms with E-state index < -0.39 is 0 Å². The number of nitrogens with one attached hydrogen (secondary N) is 1. The van der Waals surface area contributed by atoms with Crippen molar-refractivity contribution in [2.75, 3.05) is 16.8 Å². The van der Waals surface area contributed by atoms with Crippen molar-refractivity contribution in [3.63, 3.8) is 0 Å².